The molecule has 1 fully saturated rings. The van der Waals surface area contributed by atoms with Crippen molar-refractivity contribution in [2.45, 2.75) is 38.6 Å². The second kappa shape index (κ2) is 5.83. The summed E-state index contributed by atoms with van der Waals surface area (Å²) in [5.74, 6) is 0.562. The Morgan fingerprint density at radius 3 is 2.63 bits per heavy atom. The number of anilines is 1. The zero-order valence-corrected chi connectivity index (χ0v) is 12.3. The molecular weight excluding hydrogens is 260 g/mol. The van der Waals surface area contributed by atoms with Crippen molar-refractivity contribution in [1.82, 2.24) is 4.90 Å². The normalized spacial score (nSPS) is 23.1. The highest BCUT2D eigenvalue weighted by Crippen LogP contribution is 2.28. The highest BCUT2D eigenvalue weighted by atomic mass is 35.5. The van der Waals surface area contributed by atoms with Crippen LogP contribution in [0.4, 0.5) is 5.69 Å². The lowest BCUT2D eigenvalue weighted by Gasteiger charge is -2.36. The van der Waals surface area contributed by atoms with Gasteiger partial charge in [-0.05, 0) is 37.0 Å². The van der Waals surface area contributed by atoms with E-state index in [9.17, 15) is 4.79 Å². The predicted octanol–water partition coefficient (Wildman–Crippen LogP) is 3.57. The van der Waals surface area contributed by atoms with E-state index in [1.54, 1.807) is 18.2 Å². The van der Waals surface area contributed by atoms with Crippen LogP contribution in [0, 0.1) is 5.92 Å². The first-order chi connectivity index (χ1) is 8.99. The number of rotatable bonds is 2. The molecule has 0 aliphatic heterocycles. The molecule has 19 heavy (non-hydrogen) atoms. The van der Waals surface area contributed by atoms with E-state index in [0.717, 1.165) is 6.42 Å². The van der Waals surface area contributed by atoms with Gasteiger partial charge in [-0.1, -0.05) is 31.4 Å². The zero-order valence-electron chi connectivity index (χ0n) is 11.5. The number of amides is 1. The van der Waals surface area contributed by atoms with Crippen molar-refractivity contribution < 1.29 is 4.79 Å². The number of nitrogens with two attached hydrogens (primary N) is 1. The minimum Gasteiger partial charge on any atom is -0.399 e. The number of nitrogens with zero attached hydrogens (tertiary/aromatic N) is 1. The summed E-state index contributed by atoms with van der Waals surface area (Å²) in [5, 5.41) is 0.508. The van der Waals surface area contributed by atoms with Crippen LogP contribution in [0.25, 0.3) is 0 Å². The van der Waals surface area contributed by atoms with E-state index in [4.69, 9.17) is 17.3 Å². The molecule has 1 aliphatic carbocycles. The number of hydrogen-bond donors (Lipinski definition) is 1. The van der Waals surface area contributed by atoms with Crippen LogP contribution in [0.1, 0.15) is 43.0 Å². The Balaban J connectivity index is 2.18. The maximum Gasteiger partial charge on any atom is 0.253 e. The Hall–Kier alpha value is -1.22. The van der Waals surface area contributed by atoms with Crippen molar-refractivity contribution >= 4 is 23.2 Å². The number of carbonyl (C=O) groups excluding carboxylic acids is 1. The summed E-state index contributed by atoms with van der Waals surface area (Å²) < 4.78 is 0. The zero-order chi connectivity index (χ0) is 14.0. The van der Waals surface area contributed by atoms with Crippen molar-refractivity contribution in [3.05, 3.63) is 28.8 Å². The molecule has 2 atom stereocenters. The minimum absolute atomic E-state index is 0.00736. The highest BCUT2D eigenvalue weighted by Gasteiger charge is 2.28. The Labute approximate surface area is 119 Å². The van der Waals surface area contributed by atoms with E-state index >= 15 is 0 Å². The molecule has 4 heteroatoms. The molecule has 0 bridgehead atoms. The molecule has 2 rings (SSSR count). The second-order valence-electron chi connectivity index (χ2n) is 5.52. The molecule has 1 aromatic rings. The molecule has 3 nitrogen and oxygen atoms in total. The summed E-state index contributed by atoms with van der Waals surface area (Å²) in [7, 11) is 1.88. The standard InChI is InChI=1S/C15H21ClN2O/c1-10-5-3-4-6-14(10)18(2)15(19)11-7-12(16)9-13(17)8-11/h7-10,14H,3-6,17H2,1-2H3. The summed E-state index contributed by atoms with van der Waals surface area (Å²) in [6.45, 7) is 2.22. The quantitative estimate of drug-likeness (QED) is 0.842. The van der Waals surface area contributed by atoms with E-state index in [0.29, 0.717) is 28.2 Å². The fraction of sp³-hybridized carbons (Fsp3) is 0.533. The van der Waals surface area contributed by atoms with Gasteiger partial charge in [-0.15, -0.1) is 0 Å². The van der Waals surface area contributed by atoms with Crippen molar-refractivity contribution in [3.63, 3.8) is 0 Å². The van der Waals surface area contributed by atoms with Gasteiger partial charge in [0.1, 0.15) is 0 Å². The van der Waals surface area contributed by atoms with E-state index in [1.165, 1.54) is 19.3 Å². The third-order valence-corrected chi connectivity index (χ3v) is 4.27. The van der Waals surface area contributed by atoms with Gasteiger partial charge in [0.05, 0.1) is 0 Å². The van der Waals surface area contributed by atoms with Gasteiger partial charge in [0.25, 0.3) is 5.91 Å². The van der Waals surface area contributed by atoms with Crippen LogP contribution in [0.5, 0.6) is 0 Å². The maximum atomic E-state index is 12.5. The molecule has 0 saturated heterocycles. The minimum atomic E-state index is 0.00736. The number of benzene rings is 1. The van der Waals surface area contributed by atoms with E-state index < -0.39 is 0 Å². The first-order valence-electron chi connectivity index (χ1n) is 6.82. The molecule has 0 aromatic heterocycles. The summed E-state index contributed by atoms with van der Waals surface area (Å²) in [6, 6.07) is 5.35. The predicted molar refractivity (Wildman–Crippen MR) is 79.4 cm³/mol. The molecule has 1 saturated carbocycles. The van der Waals surface area contributed by atoms with Gasteiger partial charge < -0.3 is 10.6 Å². The van der Waals surface area contributed by atoms with E-state index in [-0.39, 0.29) is 5.91 Å². The van der Waals surface area contributed by atoms with Crippen molar-refractivity contribution in [1.29, 1.82) is 0 Å². The first kappa shape index (κ1) is 14.2. The number of nitrogen functional groups attached to an aromatic ring is 1. The summed E-state index contributed by atoms with van der Waals surface area (Å²) in [5.41, 5.74) is 6.85. The average Bonchev–Trinajstić information content (AvgIpc) is 2.36. The molecule has 104 valence electrons. The van der Waals surface area contributed by atoms with Gasteiger partial charge in [0.2, 0.25) is 0 Å². The third kappa shape index (κ3) is 3.21. The molecule has 0 heterocycles. The van der Waals surface area contributed by atoms with E-state index in [2.05, 4.69) is 6.92 Å². The lowest BCUT2D eigenvalue weighted by atomic mass is 9.85. The van der Waals surface area contributed by atoms with Crippen LogP contribution in [0.2, 0.25) is 5.02 Å². The number of carbonyl (C=O) groups is 1. The molecule has 0 radical (unpaired) electrons. The van der Waals surface area contributed by atoms with E-state index in [1.807, 2.05) is 11.9 Å². The fourth-order valence-corrected chi connectivity index (χ4v) is 3.21. The highest BCUT2D eigenvalue weighted by molar-refractivity contribution is 6.31. The topological polar surface area (TPSA) is 46.3 Å². The van der Waals surface area contributed by atoms with Crippen molar-refractivity contribution in [2.24, 2.45) is 5.92 Å². The molecular formula is C15H21ClN2O. The second-order valence-corrected chi connectivity index (χ2v) is 5.95. The number of hydrogen-bond acceptors (Lipinski definition) is 2. The van der Waals surface area contributed by atoms with Gasteiger partial charge in [0.15, 0.2) is 0 Å². The van der Waals surface area contributed by atoms with Gasteiger partial charge >= 0.3 is 0 Å². The Bertz CT molecular complexity index is 455. The van der Waals surface area contributed by atoms with Crippen LogP contribution < -0.4 is 5.73 Å². The maximum absolute atomic E-state index is 12.5. The Kier molecular flexibility index (Phi) is 4.35. The van der Waals surface area contributed by atoms with Crippen LogP contribution >= 0.6 is 11.6 Å². The van der Waals surface area contributed by atoms with Gasteiger partial charge in [0, 0.05) is 29.4 Å². The Morgan fingerprint density at radius 2 is 2.00 bits per heavy atom. The lowest BCUT2D eigenvalue weighted by molar-refractivity contribution is 0.0629. The molecule has 0 spiro atoms. The molecule has 1 aliphatic rings. The van der Waals surface area contributed by atoms with Crippen molar-refractivity contribution in [3.8, 4) is 0 Å². The smallest absolute Gasteiger partial charge is 0.253 e. The monoisotopic (exact) mass is 280 g/mol. The van der Waals surface area contributed by atoms with Crippen molar-refractivity contribution in [2.75, 3.05) is 12.8 Å². The lowest BCUT2D eigenvalue weighted by Crippen LogP contribution is -2.42. The third-order valence-electron chi connectivity index (χ3n) is 4.05. The van der Waals surface area contributed by atoms with Crippen LogP contribution in [-0.4, -0.2) is 23.9 Å². The van der Waals surface area contributed by atoms with Gasteiger partial charge in [-0.3, -0.25) is 4.79 Å². The molecule has 1 amide bonds. The van der Waals surface area contributed by atoms with Gasteiger partial charge in [-0.2, -0.15) is 0 Å². The number of halogens is 1. The molecule has 1 aromatic carbocycles. The average molecular weight is 281 g/mol. The van der Waals surface area contributed by atoms with Crippen LogP contribution in [0.3, 0.4) is 0 Å². The Morgan fingerprint density at radius 1 is 1.32 bits per heavy atom. The van der Waals surface area contributed by atoms with Crippen LogP contribution in [0.15, 0.2) is 18.2 Å². The van der Waals surface area contributed by atoms with Gasteiger partial charge in [-0.25, -0.2) is 0 Å². The molecule has 2 unspecified atom stereocenters. The fourth-order valence-electron chi connectivity index (χ4n) is 2.96. The largest absolute Gasteiger partial charge is 0.399 e. The van der Waals surface area contributed by atoms with Crippen LogP contribution in [-0.2, 0) is 0 Å². The summed E-state index contributed by atoms with van der Waals surface area (Å²) >= 11 is 5.96. The summed E-state index contributed by atoms with van der Waals surface area (Å²) in [4.78, 5) is 14.4. The first-order valence-corrected chi connectivity index (χ1v) is 7.20. The SMILES string of the molecule is CC1CCCCC1N(C)C(=O)c1cc(N)cc(Cl)c1. The summed E-state index contributed by atoms with van der Waals surface area (Å²) in [6.07, 6.45) is 4.74. The molecule has 2 N–H and O–H groups in total.